The molecule has 146 valence electrons. The van der Waals surface area contributed by atoms with Gasteiger partial charge in [-0.05, 0) is 57.2 Å². The summed E-state index contributed by atoms with van der Waals surface area (Å²) in [6.45, 7) is 3.16. The van der Waals surface area contributed by atoms with E-state index in [-0.39, 0.29) is 12.1 Å². The molecular weight excluding hydrogens is 348 g/mol. The zero-order valence-electron chi connectivity index (χ0n) is 15.7. The lowest BCUT2D eigenvalue weighted by Crippen LogP contribution is -2.45. The Balaban J connectivity index is 1.46. The van der Waals surface area contributed by atoms with Crippen LogP contribution in [0.25, 0.3) is 0 Å². The molecule has 2 heterocycles. The summed E-state index contributed by atoms with van der Waals surface area (Å²) >= 11 is 0. The number of aliphatic hydroxyl groups is 1. The lowest BCUT2D eigenvalue weighted by Gasteiger charge is -2.37. The molecule has 0 radical (unpaired) electrons. The standard InChI is InChI=1S/C21H27F2N3O/c1-25(15-20(27)21-18(22)6-4-7-19(21)23)17-9-13-26(14-10-17)12-8-16-5-2-3-11-24-16/h2-7,11,17,20,27H,8-10,12-15H2,1H3. The first-order valence-corrected chi connectivity index (χ1v) is 9.49. The Labute approximate surface area is 159 Å². The summed E-state index contributed by atoms with van der Waals surface area (Å²) in [5, 5.41) is 10.3. The fraction of sp³-hybridized carbons (Fsp3) is 0.476. The monoisotopic (exact) mass is 375 g/mol. The van der Waals surface area contributed by atoms with Gasteiger partial charge < -0.3 is 14.9 Å². The number of hydrogen-bond acceptors (Lipinski definition) is 4. The molecule has 1 fully saturated rings. The van der Waals surface area contributed by atoms with E-state index in [2.05, 4.69) is 9.88 Å². The number of rotatable bonds is 7. The maximum Gasteiger partial charge on any atom is 0.131 e. The molecule has 1 N–H and O–H groups in total. The van der Waals surface area contributed by atoms with E-state index >= 15 is 0 Å². The minimum atomic E-state index is -1.17. The van der Waals surface area contributed by atoms with Gasteiger partial charge in [0.25, 0.3) is 0 Å². The van der Waals surface area contributed by atoms with Crippen molar-refractivity contribution in [3.63, 3.8) is 0 Å². The number of likely N-dealkylation sites (N-methyl/N-ethyl adjacent to an activating group) is 1. The van der Waals surface area contributed by atoms with Crippen LogP contribution in [0.1, 0.15) is 30.2 Å². The van der Waals surface area contributed by atoms with E-state index in [4.69, 9.17) is 0 Å². The highest BCUT2D eigenvalue weighted by atomic mass is 19.1. The normalized spacial score (nSPS) is 17.4. The molecule has 4 nitrogen and oxygen atoms in total. The van der Waals surface area contributed by atoms with Crippen molar-refractivity contribution in [3.8, 4) is 0 Å². The summed E-state index contributed by atoms with van der Waals surface area (Å²) < 4.78 is 27.7. The number of likely N-dealkylation sites (tertiary alicyclic amines) is 1. The highest BCUT2D eigenvalue weighted by Crippen LogP contribution is 2.23. The molecule has 1 aliphatic heterocycles. The molecule has 1 saturated heterocycles. The van der Waals surface area contributed by atoms with Gasteiger partial charge in [0.1, 0.15) is 11.6 Å². The van der Waals surface area contributed by atoms with Gasteiger partial charge in [-0.3, -0.25) is 4.98 Å². The average molecular weight is 375 g/mol. The van der Waals surface area contributed by atoms with Gasteiger partial charge in [-0.2, -0.15) is 0 Å². The van der Waals surface area contributed by atoms with Gasteiger partial charge in [0, 0.05) is 37.4 Å². The number of nitrogens with zero attached hydrogens (tertiary/aromatic N) is 3. The number of piperidine rings is 1. The molecule has 1 aromatic heterocycles. The first kappa shape index (κ1) is 19.9. The molecule has 2 aromatic rings. The van der Waals surface area contributed by atoms with Crippen molar-refractivity contribution >= 4 is 0 Å². The van der Waals surface area contributed by atoms with Crippen LogP contribution < -0.4 is 0 Å². The van der Waals surface area contributed by atoms with Crippen molar-refractivity contribution in [1.29, 1.82) is 0 Å². The largest absolute Gasteiger partial charge is 0.387 e. The smallest absolute Gasteiger partial charge is 0.131 e. The van der Waals surface area contributed by atoms with Gasteiger partial charge in [0.2, 0.25) is 0 Å². The summed E-state index contributed by atoms with van der Waals surface area (Å²) in [6.07, 6.45) is 3.54. The Morgan fingerprint density at radius 2 is 1.85 bits per heavy atom. The van der Waals surface area contributed by atoms with Gasteiger partial charge >= 0.3 is 0 Å². The van der Waals surface area contributed by atoms with Gasteiger partial charge in [-0.1, -0.05) is 12.1 Å². The van der Waals surface area contributed by atoms with Gasteiger partial charge in [-0.15, -0.1) is 0 Å². The quantitative estimate of drug-likeness (QED) is 0.808. The van der Waals surface area contributed by atoms with E-state index in [9.17, 15) is 13.9 Å². The van der Waals surface area contributed by atoms with Gasteiger partial charge in [-0.25, -0.2) is 8.78 Å². The molecule has 1 unspecified atom stereocenters. The molecule has 0 saturated carbocycles. The third-order valence-electron chi connectivity index (χ3n) is 5.38. The van der Waals surface area contributed by atoms with Crippen LogP contribution in [0.4, 0.5) is 8.78 Å². The van der Waals surface area contributed by atoms with Crippen molar-refractivity contribution in [2.45, 2.75) is 31.4 Å². The minimum absolute atomic E-state index is 0.219. The SMILES string of the molecule is CN(CC(O)c1c(F)cccc1F)C1CCN(CCc2ccccn2)CC1. The highest BCUT2D eigenvalue weighted by molar-refractivity contribution is 5.22. The third kappa shape index (κ3) is 5.31. The Morgan fingerprint density at radius 1 is 1.15 bits per heavy atom. The second-order valence-corrected chi connectivity index (χ2v) is 7.23. The second kappa shape index (κ2) is 9.35. The van der Waals surface area contributed by atoms with Crippen LogP contribution in [-0.2, 0) is 6.42 Å². The Kier molecular flexibility index (Phi) is 6.88. The van der Waals surface area contributed by atoms with Crippen LogP contribution in [0.3, 0.4) is 0 Å². The number of halogens is 2. The number of benzene rings is 1. The maximum absolute atomic E-state index is 13.8. The van der Waals surface area contributed by atoms with Crippen molar-refractivity contribution < 1.29 is 13.9 Å². The van der Waals surface area contributed by atoms with Crippen LogP contribution in [0.15, 0.2) is 42.6 Å². The van der Waals surface area contributed by atoms with E-state index < -0.39 is 17.7 Å². The van der Waals surface area contributed by atoms with E-state index in [1.165, 1.54) is 18.2 Å². The summed E-state index contributed by atoms with van der Waals surface area (Å²) in [6, 6.07) is 9.96. The summed E-state index contributed by atoms with van der Waals surface area (Å²) in [4.78, 5) is 8.80. The predicted molar refractivity (Wildman–Crippen MR) is 101 cm³/mol. The third-order valence-corrected chi connectivity index (χ3v) is 5.38. The molecule has 0 aliphatic carbocycles. The molecule has 6 heteroatoms. The lowest BCUT2D eigenvalue weighted by atomic mass is 10.0. The van der Waals surface area contributed by atoms with E-state index in [0.29, 0.717) is 6.04 Å². The minimum Gasteiger partial charge on any atom is -0.387 e. The fourth-order valence-electron chi connectivity index (χ4n) is 3.74. The van der Waals surface area contributed by atoms with Crippen molar-refractivity contribution in [2.24, 2.45) is 0 Å². The Bertz CT molecular complexity index is 700. The zero-order chi connectivity index (χ0) is 19.2. The number of aromatic nitrogens is 1. The first-order valence-electron chi connectivity index (χ1n) is 9.49. The molecule has 3 rings (SSSR count). The van der Waals surface area contributed by atoms with Crippen LogP contribution in [0.5, 0.6) is 0 Å². The lowest BCUT2D eigenvalue weighted by molar-refractivity contribution is 0.0703. The molecule has 0 bridgehead atoms. The molecule has 1 atom stereocenters. The first-order chi connectivity index (χ1) is 13.0. The van der Waals surface area contributed by atoms with Crippen LogP contribution in [-0.4, -0.2) is 59.2 Å². The highest BCUT2D eigenvalue weighted by Gasteiger charge is 2.26. The second-order valence-electron chi connectivity index (χ2n) is 7.23. The predicted octanol–water partition coefficient (Wildman–Crippen LogP) is 3.03. The molecular formula is C21H27F2N3O. The van der Waals surface area contributed by atoms with E-state index in [1.54, 1.807) is 0 Å². The molecule has 1 aliphatic rings. The summed E-state index contributed by atoms with van der Waals surface area (Å²) in [5.74, 6) is -1.39. The van der Waals surface area contributed by atoms with Crippen molar-refractivity contribution in [2.75, 3.05) is 33.2 Å². The van der Waals surface area contributed by atoms with Crippen LogP contribution >= 0.6 is 0 Å². The molecule has 1 aromatic carbocycles. The van der Waals surface area contributed by atoms with Crippen LogP contribution in [0.2, 0.25) is 0 Å². The number of aliphatic hydroxyl groups excluding tert-OH is 1. The molecule has 0 amide bonds. The number of pyridine rings is 1. The average Bonchev–Trinajstić information content (AvgIpc) is 2.67. The topological polar surface area (TPSA) is 39.6 Å². The Morgan fingerprint density at radius 3 is 2.48 bits per heavy atom. The van der Waals surface area contributed by atoms with Crippen molar-refractivity contribution in [3.05, 3.63) is 65.5 Å². The van der Waals surface area contributed by atoms with Crippen LogP contribution in [0, 0.1) is 11.6 Å². The van der Waals surface area contributed by atoms with Crippen molar-refractivity contribution in [1.82, 2.24) is 14.8 Å². The van der Waals surface area contributed by atoms with E-state index in [0.717, 1.165) is 44.6 Å². The maximum atomic E-state index is 13.8. The molecule has 27 heavy (non-hydrogen) atoms. The Hall–Kier alpha value is -1.89. The number of hydrogen-bond donors (Lipinski definition) is 1. The fourth-order valence-corrected chi connectivity index (χ4v) is 3.74. The summed E-state index contributed by atoms with van der Waals surface area (Å²) in [5.41, 5.74) is 0.865. The zero-order valence-corrected chi connectivity index (χ0v) is 15.7. The van der Waals surface area contributed by atoms with Gasteiger partial charge in [0.15, 0.2) is 0 Å². The van der Waals surface area contributed by atoms with Gasteiger partial charge in [0.05, 0.1) is 11.7 Å². The molecule has 0 spiro atoms. The summed E-state index contributed by atoms with van der Waals surface area (Å²) in [7, 11) is 1.91. The van der Waals surface area contributed by atoms with E-state index in [1.807, 2.05) is 36.3 Å².